The zero-order chi connectivity index (χ0) is 22.8. The molecular weight excluding hydrogens is 412 g/mol. The van der Waals surface area contributed by atoms with Crippen molar-refractivity contribution in [1.29, 1.82) is 0 Å². The number of hydrogen-bond acceptors (Lipinski definition) is 7. The Morgan fingerprint density at radius 1 is 1.00 bits per heavy atom. The van der Waals surface area contributed by atoms with Gasteiger partial charge < -0.3 is 19.5 Å². The molecule has 3 rings (SSSR count). The molecule has 3 aromatic rings. The largest absolute Gasteiger partial charge is 0.497 e. The van der Waals surface area contributed by atoms with E-state index in [9.17, 15) is 9.59 Å². The van der Waals surface area contributed by atoms with Crippen LogP contribution in [0.2, 0.25) is 0 Å². The molecule has 0 radical (unpaired) electrons. The number of aromatic nitrogens is 1. The molecule has 0 aliphatic carbocycles. The molecule has 1 aromatic heterocycles. The summed E-state index contributed by atoms with van der Waals surface area (Å²) in [4.78, 5) is 28.3. The van der Waals surface area contributed by atoms with Gasteiger partial charge in [0, 0.05) is 12.3 Å². The van der Waals surface area contributed by atoms with Gasteiger partial charge in [-0.3, -0.25) is 9.59 Å². The molecule has 0 fully saturated rings. The van der Waals surface area contributed by atoms with Crippen molar-refractivity contribution < 1.29 is 23.8 Å². The van der Waals surface area contributed by atoms with Gasteiger partial charge in [0.2, 0.25) is 0 Å². The first-order chi connectivity index (χ1) is 15.6. The summed E-state index contributed by atoms with van der Waals surface area (Å²) >= 11 is 0. The highest BCUT2D eigenvalue weighted by Crippen LogP contribution is 2.24. The molecule has 164 valence electrons. The lowest BCUT2D eigenvalue weighted by Crippen LogP contribution is -2.20. The van der Waals surface area contributed by atoms with Gasteiger partial charge in [-0.2, -0.15) is 5.10 Å². The van der Waals surface area contributed by atoms with Crippen molar-refractivity contribution >= 4 is 23.8 Å². The maximum atomic E-state index is 12.3. The van der Waals surface area contributed by atoms with Gasteiger partial charge in [-0.25, -0.2) is 10.4 Å². The van der Waals surface area contributed by atoms with Gasteiger partial charge in [0.05, 0.1) is 26.0 Å². The van der Waals surface area contributed by atoms with Crippen molar-refractivity contribution in [2.75, 3.05) is 26.1 Å². The van der Waals surface area contributed by atoms with Crippen LogP contribution in [0.3, 0.4) is 0 Å². The normalized spacial score (nSPS) is 10.4. The fraction of sp³-hybridized carbons (Fsp3) is 0.130. The second-order valence-electron chi connectivity index (χ2n) is 6.39. The molecule has 0 bridgehead atoms. The lowest BCUT2D eigenvalue weighted by atomic mass is 10.2. The second kappa shape index (κ2) is 11.1. The van der Waals surface area contributed by atoms with Crippen LogP contribution >= 0.6 is 0 Å². The highest BCUT2D eigenvalue weighted by molar-refractivity contribution is 5.97. The Bertz CT molecular complexity index is 1090. The van der Waals surface area contributed by atoms with Gasteiger partial charge in [-0.1, -0.05) is 6.07 Å². The number of pyridine rings is 1. The number of carbonyl (C=O) groups excluding carboxylic acids is 2. The predicted molar refractivity (Wildman–Crippen MR) is 119 cm³/mol. The zero-order valence-corrected chi connectivity index (χ0v) is 17.6. The maximum Gasteiger partial charge on any atom is 0.275 e. The minimum Gasteiger partial charge on any atom is -0.497 e. The Morgan fingerprint density at radius 3 is 2.47 bits per heavy atom. The van der Waals surface area contributed by atoms with Crippen molar-refractivity contribution in [2.45, 2.75) is 0 Å². The Kier molecular flexibility index (Phi) is 7.74. The van der Waals surface area contributed by atoms with E-state index in [2.05, 4.69) is 20.8 Å². The van der Waals surface area contributed by atoms with Gasteiger partial charge in [0.15, 0.2) is 6.61 Å². The average molecular weight is 434 g/mol. The number of hydrazone groups is 1. The standard InChI is InChI=1S/C23H22N4O5/c1-30-18-10-11-19(20(13-18)31-2)23(29)27-25-14-16-6-8-17(9-7-16)32-15-22(28)26-21-5-3-4-12-24-21/h3-14H,15H2,1-2H3,(H,27,29)(H,24,26,28). The Morgan fingerprint density at radius 2 is 1.78 bits per heavy atom. The van der Waals surface area contributed by atoms with Crippen LogP contribution in [0.25, 0.3) is 0 Å². The minimum absolute atomic E-state index is 0.149. The van der Waals surface area contributed by atoms with Crippen LogP contribution in [0.5, 0.6) is 17.2 Å². The molecule has 32 heavy (non-hydrogen) atoms. The minimum atomic E-state index is -0.417. The first-order valence-electron chi connectivity index (χ1n) is 9.58. The highest BCUT2D eigenvalue weighted by Gasteiger charge is 2.12. The van der Waals surface area contributed by atoms with Crippen LogP contribution in [0.1, 0.15) is 15.9 Å². The van der Waals surface area contributed by atoms with Crippen molar-refractivity contribution in [3.63, 3.8) is 0 Å². The molecule has 1 heterocycles. The van der Waals surface area contributed by atoms with Gasteiger partial charge in [0.1, 0.15) is 23.1 Å². The Labute approximate surface area is 185 Å². The smallest absolute Gasteiger partial charge is 0.275 e. The number of methoxy groups -OCH3 is 2. The van der Waals surface area contributed by atoms with E-state index in [0.29, 0.717) is 28.6 Å². The van der Waals surface area contributed by atoms with Crippen LogP contribution in [0, 0.1) is 0 Å². The first-order valence-corrected chi connectivity index (χ1v) is 9.58. The Balaban J connectivity index is 1.50. The van der Waals surface area contributed by atoms with Crippen molar-refractivity contribution in [1.82, 2.24) is 10.4 Å². The molecule has 2 aromatic carbocycles. The molecule has 0 spiro atoms. The third kappa shape index (κ3) is 6.30. The van der Waals surface area contributed by atoms with Crippen LogP contribution < -0.4 is 25.0 Å². The van der Waals surface area contributed by atoms with E-state index in [1.807, 2.05) is 0 Å². The monoisotopic (exact) mass is 434 g/mol. The predicted octanol–water partition coefficient (Wildman–Crippen LogP) is 2.88. The SMILES string of the molecule is COc1ccc(C(=O)NN=Cc2ccc(OCC(=O)Nc3ccccn3)cc2)c(OC)c1. The molecule has 0 aliphatic heterocycles. The van der Waals surface area contributed by atoms with Crippen LogP contribution in [0.4, 0.5) is 5.82 Å². The quantitative estimate of drug-likeness (QED) is 0.396. The molecule has 0 aliphatic rings. The maximum absolute atomic E-state index is 12.3. The third-order valence-corrected chi connectivity index (χ3v) is 4.22. The van der Waals surface area contributed by atoms with Crippen molar-refractivity contribution in [3.05, 3.63) is 78.0 Å². The number of nitrogens with one attached hydrogen (secondary N) is 2. The summed E-state index contributed by atoms with van der Waals surface area (Å²) in [5.74, 6) is 1.21. The fourth-order valence-corrected chi connectivity index (χ4v) is 2.63. The summed E-state index contributed by atoms with van der Waals surface area (Å²) in [5.41, 5.74) is 3.52. The van der Waals surface area contributed by atoms with E-state index >= 15 is 0 Å². The van der Waals surface area contributed by atoms with E-state index in [1.54, 1.807) is 66.9 Å². The van der Waals surface area contributed by atoms with Crippen LogP contribution in [-0.2, 0) is 4.79 Å². The lowest BCUT2D eigenvalue weighted by Gasteiger charge is -2.09. The van der Waals surface area contributed by atoms with Gasteiger partial charge >= 0.3 is 0 Å². The van der Waals surface area contributed by atoms with E-state index in [4.69, 9.17) is 14.2 Å². The summed E-state index contributed by atoms with van der Waals surface area (Å²) in [5, 5.41) is 6.60. The van der Waals surface area contributed by atoms with E-state index < -0.39 is 5.91 Å². The number of amides is 2. The summed E-state index contributed by atoms with van der Waals surface area (Å²) in [6, 6.07) is 17.0. The van der Waals surface area contributed by atoms with Gasteiger partial charge in [0.25, 0.3) is 11.8 Å². The van der Waals surface area contributed by atoms with Crippen LogP contribution in [-0.4, -0.2) is 43.8 Å². The molecule has 0 saturated heterocycles. The number of benzene rings is 2. The number of nitrogens with zero attached hydrogens (tertiary/aromatic N) is 2. The third-order valence-electron chi connectivity index (χ3n) is 4.22. The number of anilines is 1. The summed E-state index contributed by atoms with van der Waals surface area (Å²) in [7, 11) is 3.01. The average Bonchev–Trinajstić information content (AvgIpc) is 2.83. The topological polar surface area (TPSA) is 111 Å². The molecule has 0 unspecified atom stereocenters. The number of rotatable bonds is 9. The highest BCUT2D eigenvalue weighted by atomic mass is 16.5. The van der Waals surface area contributed by atoms with Gasteiger partial charge in [-0.05, 0) is 54.1 Å². The fourth-order valence-electron chi connectivity index (χ4n) is 2.63. The molecule has 2 amide bonds. The molecule has 2 N–H and O–H groups in total. The molecule has 0 saturated carbocycles. The summed E-state index contributed by atoms with van der Waals surface area (Å²) in [6.07, 6.45) is 3.08. The van der Waals surface area contributed by atoms with Crippen LogP contribution in [0.15, 0.2) is 72.0 Å². The van der Waals surface area contributed by atoms with Crippen molar-refractivity contribution in [3.8, 4) is 17.2 Å². The Hall–Kier alpha value is -4.40. The zero-order valence-electron chi connectivity index (χ0n) is 17.6. The number of hydrogen-bond donors (Lipinski definition) is 2. The molecular formula is C23H22N4O5. The van der Waals surface area contributed by atoms with Crippen molar-refractivity contribution in [2.24, 2.45) is 5.10 Å². The molecule has 9 heteroatoms. The number of ether oxygens (including phenoxy) is 3. The summed E-state index contributed by atoms with van der Waals surface area (Å²) in [6.45, 7) is -0.149. The molecule has 9 nitrogen and oxygen atoms in total. The molecule has 0 atom stereocenters. The van der Waals surface area contributed by atoms with E-state index in [-0.39, 0.29) is 12.5 Å². The van der Waals surface area contributed by atoms with E-state index in [0.717, 1.165) is 5.56 Å². The summed E-state index contributed by atoms with van der Waals surface area (Å²) < 4.78 is 15.8. The number of carbonyl (C=O) groups is 2. The second-order valence-corrected chi connectivity index (χ2v) is 6.39. The lowest BCUT2D eigenvalue weighted by molar-refractivity contribution is -0.118. The van der Waals surface area contributed by atoms with Gasteiger partial charge in [-0.15, -0.1) is 0 Å². The first kappa shape index (κ1) is 22.3. The van der Waals surface area contributed by atoms with E-state index in [1.165, 1.54) is 20.4 Å².